The molecular formula is C17H25N3O. The third-order valence-corrected chi connectivity index (χ3v) is 4.14. The van der Waals surface area contributed by atoms with Gasteiger partial charge in [0.15, 0.2) is 0 Å². The quantitative estimate of drug-likeness (QED) is 0.874. The second kappa shape index (κ2) is 6.62. The molecule has 1 aromatic rings. The standard InChI is InChI=1S/C17H25N3O/c1-11(2)17(6,10-18)20-16(21)14(5)19-15-9-7-8-12(3)13(15)4/h7-9,11,14,19H,1-6H3,(H,20,21). The van der Waals surface area contributed by atoms with Gasteiger partial charge >= 0.3 is 0 Å². The highest BCUT2D eigenvalue weighted by Crippen LogP contribution is 2.20. The van der Waals surface area contributed by atoms with Crippen molar-refractivity contribution in [2.45, 2.75) is 53.1 Å². The van der Waals surface area contributed by atoms with Crippen LogP contribution >= 0.6 is 0 Å². The van der Waals surface area contributed by atoms with Crippen LogP contribution in [0.2, 0.25) is 0 Å². The van der Waals surface area contributed by atoms with E-state index < -0.39 is 11.6 Å². The van der Waals surface area contributed by atoms with E-state index in [1.165, 1.54) is 5.56 Å². The van der Waals surface area contributed by atoms with Crippen molar-refractivity contribution in [3.63, 3.8) is 0 Å². The second-order valence-corrected chi connectivity index (χ2v) is 6.07. The molecule has 114 valence electrons. The average Bonchev–Trinajstić information content (AvgIpc) is 2.43. The Morgan fingerprint density at radius 2 is 1.90 bits per heavy atom. The summed E-state index contributed by atoms with van der Waals surface area (Å²) in [5.41, 5.74) is 2.40. The number of nitrogens with zero attached hydrogens (tertiary/aromatic N) is 1. The van der Waals surface area contributed by atoms with Gasteiger partial charge in [0.25, 0.3) is 0 Å². The number of rotatable bonds is 5. The lowest BCUT2D eigenvalue weighted by atomic mass is 9.90. The van der Waals surface area contributed by atoms with Gasteiger partial charge in [-0.3, -0.25) is 4.79 Å². The van der Waals surface area contributed by atoms with Crippen LogP contribution in [0.1, 0.15) is 38.8 Å². The number of aryl methyl sites for hydroxylation is 1. The molecule has 4 nitrogen and oxygen atoms in total. The van der Waals surface area contributed by atoms with E-state index in [4.69, 9.17) is 0 Å². The van der Waals surface area contributed by atoms with Gasteiger partial charge in [-0.1, -0.05) is 26.0 Å². The molecule has 0 saturated heterocycles. The number of anilines is 1. The number of benzene rings is 1. The van der Waals surface area contributed by atoms with Crippen LogP contribution in [0.25, 0.3) is 0 Å². The van der Waals surface area contributed by atoms with E-state index in [0.717, 1.165) is 11.3 Å². The van der Waals surface area contributed by atoms with Crippen LogP contribution in [0.4, 0.5) is 5.69 Å². The van der Waals surface area contributed by atoms with Crippen molar-refractivity contribution in [3.8, 4) is 6.07 Å². The van der Waals surface area contributed by atoms with Gasteiger partial charge in [-0.15, -0.1) is 0 Å². The maximum absolute atomic E-state index is 12.3. The van der Waals surface area contributed by atoms with Crippen molar-refractivity contribution in [2.75, 3.05) is 5.32 Å². The van der Waals surface area contributed by atoms with Gasteiger partial charge < -0.3 is 10.6 Å². The van der Waals surface area contributed by atoms with E-state index in [-0.39, 0.29) is 11.8 Å². The first-order valence-corrected chi connectivity index (χ1v) is 7.27. The average molecular weight is 287 g/mol. The molecule has 0 aromatic heterocycles. The van der Waals surface area contributed by atoms with Crippen molar-refractivity contribution in [1.82, 2.24) is 5.32 Å². The Hall–Kier alpha value is -2.02. The summed E-state index contributed by atoms with van der Waals surface area (Å²) >= 11 is 0. The molecule has 2 atom stereocenters. The van der Waals surface area contributed by atoms with Crippen LogP contribution in [-0.4, -0.2) is 17.5 Å². The zero-order valence-electron chi connectivity index (χ0n) is 13.7. The van der Waals surface area contributed by atoms with Crippen LogP contribution < -0.4 is 10.6 Å². The maximum Gasteiger partial charge on any atom is 0.243 e. The van der Waals surface area contributed by atoms with Crippen LogP contribution in [-0.2, 0) is 4.79 Å². The van der Waals surface area contributed by atoms with Crippen molar-refractivity contribution < 1.29 is 4.79 Å². The van der Waals surface area contributed by atoms with Gasteiger partial charge in [0.05, 0.1) is 6.07 Å². The first-order chi connectivity index (χ1) is 9.71. The summed E-state index contributed by atoms with van der Waals surface area (Å²) in [5.74, 6) is -0.131. The minimum absolute atomic E-state index is 0.0411. The van der Waals surface area contributed by atoms with Crippen molar-refractivity contribution in [1.29, 1.82) is 5.26 Å². The minimum Gasteiger partial charge on any atom is -0.374 e. The number of hydrogen-bond acceptors (Lipinski definition) is 3. The summed E-state index contributed by atoms with van der Waals surface area (Å²) in [7, 11) is 0. The summed E-state index contributed by atoms with van der Waals surface area (Å²) < 4.78 is 0. The Kier molecular flexibility index (Phi) is 5.37. The number of hydrogen-bond donors (Lipinski definition) is 2. The molecule has 2 N–H and O–H groups in total. The molecule has 21 heavy (non-hydrogen) atoms. The van der Waals surface area contributed by atoms with Gasteiger partial charge in [0.2, 0.25) is 5.91 Å². The fraction of sp³-hybridized carbons (Fsp3) is 0.529. The van der Waals surface area contributed by atoms with E-state index in [9.17, 15) is 10.1 Å². The summed E-state index contributed by atoms with van der Waals surface area (Å²) in [6, 6.07) is 7.74. The molecule has 0 saturated carbocycles. The maximum atomic E-state index is 12.3. The van der Waals surface area contributed by atoms with Crippen LogP contribution in [0, 0.1) is 31.1 Å². The molecular weight excluding hydrogens is 262 g/mol. The monoisotopic (exact) mass is 287 g/mol. The second-order valence-electron chi connectivity index (χ2n) is 6.07. The molecule has 0 radical (unpaired) electrons. The Morgan fingerprint density at radius 1 is 1.29 bits per heavy atom. The first-order valence-electron chi connectivity index (χ1n) is 7.27. The highest BCUT2D eigenvalue weighted by Gasteiger charge is 2.31. The van der Waals surface area contributed by atoms with Crippen molar-refractivity contribution in [2.24, 2.45) is 5.92 Å². The number of carbonyl (C=O) groups is 1. The Labute approximate surface area is 127 Å². The minimum atomic E-state index is -0.853. The van der Waals surface area contributed by atoms with Crippen molar-refractivity contribution >= 4 is 11.6 Å². The van der Waals surface area contributed by atoms with E-state index in [0.29, 0.717) is 0 Å². The fourth-order valence-corrected chi connectivity index (χ4v) is 1.87. The summed E-state index contributed by atoms with van der Waals surface area (Å²) in [6.07, 6.45) is 0. The Balaban J connectivity index is 2.81. The van der Waals surface area contributed by atoms with Gasteiger partial charge in [-0.25, -0.2) is 0 Å². The topological polar surface area (TPSA) is 64.9 Å². The normalized spacial score (nSPS) is 15.0. The molecule has 0 aliphatic rings. The van der Waals surface area contributed by atoms with E-state index in [1.807, 2.05) is 45.9 Å². The predicted octanol–water partition coefficient (Wildman–Crippen LogP) is 3.16. The smallest absolute Gasteiger partial charge is 0.243 e. The molecule has 2 unspecified atom stereocenters. The van der Waals surface area contributed by atoms with E-state index in [1.54, 1.807) is 13.8 Å². The SMILES string of the molecule is Cc1cccc(NC(C)C(=O)NC(C)(C#N)C(C)C)c1C. The number of amides is 1. The third kappa shape index (κ3) is 3.98. The zero-order chi connectivity index (χ0) is 16.2. The molecule has 0 fully saturated rings. The van der Waals surface area contributed by atoms with Crippen molar-refractivity contribution in [3.05, 3.63) is 29.3 Å². The summed E-state index contributed by atoms with van der Waals surface area (Å²) in [6.45, 7) is 11.5. The third-order valence-electron chi connectivity index (χ3n) is 4.14. The number of nitrogens with one attached hydrogen (secondary N) is 2. The van der Waals surface area contributed by atoms with Gasteiger partial charge in [-0.2, -0.15) is 5.26 Å². The van der Waals surface area contributed by atoms with Crippen LogP contribution in [0.3, 0.4) is 0 Å². The molecule has 0 bridgehead atoms. The molecule has 0 heterocycles. The van der Waals surface area contributed by atoms with E-state index >= 15 is 0 Å². The molecule has 1 rings (SSSR count). The lowest BCUT2D eigenvalue weighted by molar-refractivity contribution is -0.123. The molecule has 0 aliphatic carbocycles. The molecule has 0 aliphatic heterocycles. The molecule has 1 aromatic carbocycles. The predicted molar refractivity (Wildman–Crippen MR) is 86.0 cm³/mol. The van der Waals surface area contributed by atoms with Gasteiger partial charge in [0, 0.05) is 5.69 Å². The summed E-state index contributed by atoms with van der Waals surface area (Å²) in [4.78, 5) is 12.3. The van der Waals surface area contributed by atoms with Crippen LogP contribution in [0.15, 0.2) is 18.2 Å². The van der Waals surface area contributed by atoms with E-state index in [2.05, 4.69) is 16.7 Å². The lowest BCUT2D eigenvalue weighted by Gasteiger charge is -2.29. The molecule has 1 amide bonds. The van der Waals surface area contributed by atoms with Gasteiger partial charge in [-0.05, 0) is 50.8 Å². The van der Waals surface area contributed by atoms with Crippen LogP contribution in [0.5, 0.6) is 0 Å². The zero-order valence-corrected chi connectivity index (χ0v) is 13.7. The number of nitriles is 1. The first kappa shape index (κ1) is 17.0. The molecule has 4 heteroatoms. The Bertz CT molecular complexity index is 560. The largest absolute Gasteiger partial charge is 0.374 e. The Morgan fingerprint density at radius 3 is 2.43 bits per heavy atom. The van der Waals surface area contributed by atoms with Gasteiger partial charge in [0.1, 0.15) is 11.6 Å². The molecule has 0 spiro atoms. The highest BCUT2D eigenvalue weighted by molar-refractivity contribution is 5.85. The lowest BCUT2D eigenvalue weighted by Crippen LogP contribution is -2.53. The fourth-order valence-electron chi connectivity index (χ4n) is 1.87. The highest BCUT2D eigenvalue weighted by atomic mass is 16.2. The summed E-state index contributed by atoms with van der Waals surface area (Å²) in [5, 5.41) is 15.3. The number of carbonyl (C=O) groups excluding carboxylic acids is 1.